The SMILES string of the molecule is Cn1nnnc1-c1cccc(NC(=O)c2csc(Br)c2)c1. The molecule has 0 radical (unpaired) electrons. The minimum Gasteiger partial charge on any atom is -0.322 e. The molecular formula is C13H10BrN5OS. The van der Waals surface area contributed by atoms with Crippen LogP contribution in [0.1, 0.15) is 10.4 Å². The highest BCUT2D eigenvalue weighted by atomic mass is 79.9. The number of carbonyl (C=O) groups excluding carboxylic acids is 1. The van der Waals surface area contributed by atoms with Crippen LogP contribution in [0.5, 0.6) is 0 Å². The second-order valence-corrected chi connectivity index (χ2v) is 6.59. The number of rotatable bonds is 3. The van der Waals surface area contributed by atoms with E-state index in [9.17, 15) is 4.79 Å². The minimum atomic E-state index is -0.148. The molecule has 0 saturated heterocycles. The Bertz CT molecular complexity index is 797. The van der Waals surface area contributed by atoms with Gasteiger partial charge < -0.3 is 5.32 Å². The van der Waals surface area contributed by atoms with Crippen LogP contribution in [0.4, 0.5) is 5.69 Å². The van der Waals surface area contributed by atoms with Gasteiger partial charge in [-0.25, -0.2) is 4.68 Å². The van der Waals surface area contributed by atoms with Gasteiger partial charge in [-0.05, 0) is 44.6 Å². The summed E-state index contributed by atoms with van der Waals surface area (Å²) in [4.78, 5) is 12.1. The van der Waals surface area contributed by atoms with Crippen LogP contribution in [0.15, 0.2) is 39.5 Å². The van der Waals surface area contributed by atoms with E-state index in [2.05, 4.69) is 36.8 Å². The lowest BCUT2D eigenvalue weighted by Crippen LogP contribution is -2.10. The Morgan fingerprint density at radius 3 is 2.90 bits per heavy atom. The number of aryl methyl sites for hydroxylation is 1. The number of nitrogens with zero attached hydrogens (tertiary/aromatic N) is 4. The molecule has 2 aromatic heterocycles. The molecule has 0 spiro atoms. The molecule has 106 valence electrons. The van der Waals surface area contributed by atoms with Gasteiger partial charge in [0.25, 0.3) is 5.91 Å². The van der Waals surface area contributed by atoms with Gasteiger partial charge in [-0.15, -0.1) is 16.4 Å². The van der Waals surface area contributed by atoms with Crippen LogP contribution in [0.25, 0.3) is 11.4 Å². The van der Waals surface area contributed by atoms with Crippen molar-refractivity contribution in [2.75, 3.05) is 5.32 Å². The molecule has 0 bridgehead atoms. The van der Waals surface area contributed by atoms with Crippen LogP contribution in [0.3, 0.4) is 0 Å². The van der Waals surface area contributed by atoms with Crippen LogP contribution >= 0.6 is 27.3 Å². The highest BCUT2D eigenvalue weighted by molar-refractivity contribution is 9.11. The third kappa shape index (κ3) is 3.01. The normalized spacial score (nSPS) is 10.6. The van der Waals surface area contributed by atoms with Crippen LogP contribution in [0, 0.1) is 0 Å². The van der Waals surface area contributed by atoms with Crippen molar-refractivity contribution < 1.29 is 4.79 Å². The van der Waals surface area contributed by atoms with Crippen molar-refractivity contribution in [1.29, 1.82) is 0 Å². The maximum atomic E-state index is 12.1. The molecule has 0 unspecified atom stereocenters. The maximum Gasteiger partial charge on any atom is 0.256 e. The lowest BCUT2D eigenvalue weighted by molar-refractivity contribution is 0.102. The van der Waals surface area contributed by atoms with Gasteiger partial charge in [0.2, 0.25) is 0 Å². The summed E-state index contributed by atoms with van der Waals surface area (Å²) in [6.45, 7) is 0. The summed E-state index contributed by atoms with van der Waals surface area (Å²) in [5.74, 6) is 0.495. The number of aromatic nitrogens is 4. The number of thiophene rings is 1. The molecule has 1 N–H and O–H groups in total. The fourth-order valence-corrected chi connectivity index (χ4v) is 2.98. The Morgan fingerprint density at radius 2 is 2.24 bits per heavy atom. The van der Waals surface area contributed by atoms with E-state index in [-0.39, 0.29) is 5.91 Å². The van der Waals surface area contributed by atoms with E-state index in [1.54, 1.807) is 23.2 Å². The number of amides is 1. The van der Waals surface area contributed by atoms with E-state index in [0.717, 1.165) is 9.35 Å². The number of nitrogens with one attached hydrogen (secondary N) is 1. The summed E-state index contributed by atoms with van der Waals surface area (Å²) >= 11 is 4.82. The summed E-state index contributed by atoms with van der Waals surface area (Å²) in [7, 11) is 1.77. The highest BCUT2D eigenvalue weighted by Crippen LogP contribution is 2.23. The second kappa shape index (κ2) is 5.74. The molecule has 1 amide bonds. The monoisotopic (exact) mass is 363 g/mol. The van der Waals surface area contributed by atoms with Crippen molar-refractivity contribution in [3.63, 3.8) is 0 Å². The Morgan fingerprint density at radius 1 is 1.38 bits per heavy atom. The maximum absolute atomic E-state index is 12.1. The fraction of sp³-hybridized carbons (Fsp3) is 0.0769. The topological polar surface area (TPSA) is 72.7 Å². The van der Waals surface area contributed by atoms with E-state index >= 15 is 0 Å². The quantitative estimate of drug-likeness (QED) is 0.776. The van der Waals surface area contributed by atoms with Gasteiger partial charge >= 0.3 is 0 Å². The third-order valence-electron chi connectivity index (χ3n) is 2.83. The molecule has 3 aromatic rings. The zero-order valence-electron chi connectivity index (χ0n) is 10.9. The van der Waals surface area contributed by atoms with Gasteiger partial charge in [0.15, 0.2) is 5.82 Å². The number of hydrogen-bond acceptors (Lipinski definition) is 5. The zero-order chi connectivity index (χ0) is 14.8. The molecule has 0 atom stereocenters. The van der Waals surface area contributed by atoms with Gasteiger partial charge in [-0.1, -0.05) is 12.1 Å². The van der Waals surface area contributed by atoms with Gasteiger partial charge in [0.05, 0.1) is 9.35 Å². The van der Waals surface area contributed by atoms with Crippen molar-refractivity contribution in [3.05, 3.63) is 45.1 Å². The van der Waals surface area contributed by atoms with Crippen molar-refractivity contribution in [2.24, 2.45) is 7.05 Å². The second-order valence-electron chi connectivity index (χ2n) is 4.30. The summed E-state index contributed by atoms with van der Waals surface area (Å²) in [5, 5.41) is 16.0. The first kappa shape index (κ1) is 13.9. The third-order valence-corrected chi connectivity index (χ3v) is 4.33. The van der Waals surface area contributed by atoms with Crippen LogP contribution in [0.2, 0.25) is 0 Å². The van der Waals surface area contributed by atoms with Crippen molar-refractivity contribution in [2.45, 2.75) is 0 Å². The standard InChI is InChI=1S/C13H10BrN5OS/c1-19-12(16-17-18-19)8-3-2-4-10(5-8)15-13(20)9-6-11(14)21-7-9/h2-7H,1H3,(H,15,20). The van der Waals surface area contributed by atoms with E-state index in [4.69, 9.17) is 0 Å². The average Bonchev–Trinajstić information content (AvgIpc) is 3.08. The number of anilines is 1. The summed E-state index contributed by atoms with van der Waals surface area (Å²) in [6, 6.07) is 9.19. The van der Waals surface area contributed by atoms with Crippen LogP contribution < -0.4 is 5.32 Å². The largest absolute Gasteiger partial charge is 0.322 e. The molecule has 0 aliphatic heterocycles. The lowest BCUT2D eigenvalue weighted by Gasteiger charge is -2.06. The van der Waals surface area contributed by atoms with Crippen molar-refractivity contribution >= 4 is 38.9 Å². The van der Waals surface area contributed by atoms with E-state index in [1.165, 1.54) is 11.3 Å². The molecule has 0 aliphatic rings. The van der Waals surface area contributed by atoms with Gasteiger partial charge in [-0.2, -0.15) is 0 Å². The molecular weight excluding hydrogens is 354 g/mol. The average molecular weight is 364 g/mol. The first-order valence-corrected chi connectivity index (χ1v) is 7.69. The van der Waals surface area contributed by atoms with Gasteiger partial charge in [0, 0.05) is 23.7 Å². The highest BCUT2D eigenvalue weighted by Gasteiger charge is 2.10. The molecule has 1 aromatic carbocycles. The molecule has 6 nitrogen and oxygen atoms in total. The lowest BCUT2D eigenvalue weighted by atomic mass is 10.2. The number of carbonyl (C=O) groups is 1. The fourth-order valence-electron chi connectivity index (χ4n) is 1.84. The number of halogens is 1. The Balaban J connectivity index is 1.84. The Kier molecular flexibility index (Phi) is 3.80. The van der Waals surface area contributed by atoms with Crippen LogP contribution in [-0.4, -0.2) is 26.1 Å². The molecule has 8 heteroatoms. The predicted molar refractivity (Wildman–Crippen MR) is 84.2 cm³/mol. The van der Waals surface area contributed by atoms with E-state index in [0.29, 0.717) is 17.1 Å². The number of hydrogen-bond donors (Lipinski definition) is 1. The molecule has 0 saturated carbocycles. The smallest absolute Gasteiger partial charge is 0.256 e. The summed E-state index contributed by atoms with van der Waals surface area (Å²) in [5.41, 5.74) is 2.16. The molecule has 3 rings (SSSR count). The van der Waals surface area contributed by atoms with Crippen molar-refractivity contribution in [3.8, 4) is 11.4 Å². The molecule has 0 fully saturated rings. The molecule has 2 heterocycles. The van der Waals surface area contributed by atoms with Crippen LogP contribution in [-0.2, 0) is 7.05 Å². The molecule has 21 heavy (non-hydrogen) atoms. The summed E-state index contributed by atoms with van der Waals surface area (Å²) < 4.78 is 2.50. The molecule has 0 aliphatic carbocycles. The Labute approximate surface area is 132 Å². The zero-order valence-corrected chi connectivity index (χ0v) is 13.3. The van der Waals surface area contributed by atoms with Gasteiger partial charge in [-0.3, -0.25) is 4.79 Å². The first-order chi connectivity index (χ1) is 10.1. The van der Waals surface area contributed by atoms with E-state index < -0.39 is 0 Å². The predicted octanol–water partition coefficient (Wildman–Crippen LogP) is 2.95. The Hall–Kier alpha value is -2.06. The summed E-state index contributed by atoms with van der Waals surface area (Å²) in [6.07, 6.45) is 0. The van der Waals surface area contributed by atoms with Gasteiger partial charge in [0.1, 0.15) is 0 Å². The minimum absolute atomic E-state index is 0.148. The van der Waals surface area contributed by atoms with E-state index in [1.807, 2.05) is 24.3 Å². The number of benzene rings is 1. The first-order valence-electron chi connectivity index (χ1n) is 6.01. The van der Waals surface area contributed by atoms with Crippen molar-refractivity contribution in [1.82, 2.24) is 20.2 Å². The number of tetrazole rings is 1.